The average molecular weight is 407 g/mol. The number of nitrogens with zero attached hydrogens (tertiary/aromatic N) is 3. The Morgan fingerprint density at radius 2 is 2.29 bits per heavy atom. The second-order valence-corrected chi connectivity index (χ2v) is 5.35. The van der Waals surface area contributed by atoms with Gasteiger partial charge < -0.3 is 10.9 Å². The number of halogens is 2. The summed E-state index contributed by atoms with van der Waals surface area (Å²) in [4.78, 5) is 0. The number of hydrogen-bond acceptors (Lipinski definition) is 3. The second-order valence-electron chi connectivity index (χ2n) is 3.25. The molecule has 1 heterocycles. The molecule has 5 nitrogen and oxygen atoms in total. The van der Waals surface area contributed by atoms with E-state index in [0.29, 0.717) is 5.56 Å². The maximum atomic E-state index is 8.60. The Kier molecular flexibility index (Phi) is 3.67. The van der Waals surface area contributed by atoms with Crippen LogP contribution < -0.4 is 5.73 Å². The molecule has 0 radical (unpaired) electrons. The van der Waals surface area contributed by atoms with Crippen LogP contribution >= 0.6 is 38.5 Å². The largest absolute Gasteiger partial charge is 0.409 e. The third kappa shape index (κ3) is 2.60. The van der Waals surface area contributed by atoms with Crippen LogP contribution in [0, 0.1) is 3.57 Å². The highest BCUT2D eigenvalue weighted by Crippen LogP contribution is 2.22. The first-order valence-electron chi connectivity index (χ1n) is 4.60. The highest BCUT2D eigenvalue weighted by molar-refractivity contribution is 14.1. The second kappa shape index (κ2) is 5.05. The summed E-state index contributed by atoms with van der Waals surface area (Å²) in [5.74, 6) is 0.0762. The molecule has 0 aliphatic heterocycles. The van der Waals surface area contributed by atoms with Crippen molar-refractivity contribution in [3.63, 3.8) is 0 Å². The quantitative estimate of drug-likeness (QED) is 0.264. The predicted octanol–water partition coefficient (Wildman–Crippen LogP) is 2.33. The van der Waals surface area contributed by atoms with E-state index in [0.717, 1.165) is 13.7 Å². The molecule has 1 aromatic heterocycles. The molecule has 0 saturated carbocycles. The molecule has 0 aliphatic carbocycles. The summed E-state index contributed by atoms with van der Waals surface area (Å²) in [7, 11) is 0. The van der Waals surface area contributed by atoms with E-state index in [9.17, 15) is 0 Å². The van der Waals surface area contributed by atoms with Crippen LogP contribution in [0.5, 0.6) is 0 Å². The van der Waals surface area contributed by atoms with E-state index in [-0.39, 0.29) is 5.84 Å². The first-order valence-corrected chi connectivity index (χ1v) is 6.47. The molecule has 88 valence electrons. The Hall–Kier alpha value is -1.09. The molecule has 0 bridgehead atoms. The fraction of sp³-hybridized carbons (Fsp3) is 0. The van der Waals surface area contributed by atoms with E-state index in [1.165, 1.54) is 0 Å². The minimum atomic E-state index is 0.0762. The van der Waals surface area contributed by atoms with Crippen molar-refractivity contribution in [1.29, 1.82) is 0 Å². The lowest BCUT2D eigenvalue weighted by Gasteiger charge is -2.06. The molecule has 0 spiro atoms. The lowest BCUT2D eigenvalue weighted by Crippen LogP contribution is -2.13. The van der Waals surface area contributed by atoms with Gasteiger partial charge in [-0.1, -0.05) is 5.16 Å². The van der Waals surface area contributed by atoms with E-state index >= 15 is 0 Å². The van der Waals surface area contributed by atoms with Gasteiger partial charge in [-0.05, 0) is 56.7 Å². The Morgan fingerprint density at radius 1 is 1.53 bits per heavy atom. The van der Waals surface area contributed by atoms with Gasteiger partial charge >= 0.3 is 0 Å². The van der Waals surface area contributed by atoms with Crippen LogP contribution in [0.2, 0.25) is 0 Å². The van der Waals surface area contributed by atoms with Crippen LogP contribution in [-0.4, -0.2) is 20.8 Å². The van der Waals surface area contributed by atoms with Crippen LogP contribution in [0.1, 0.15) is 5.56 Å². The van der Waals surface area contributed by atoms with Crippen LogP contribution in [-0.2, 0) is 0 Å². The number of oxime groups is 1. The van der Waals surface area contributed by atoms with E-state index in [1.807, 2.05) is 12.3 Å². The molecule has 2 rings (SSSR count). The number of benzene rings is 1. The molecule has 0 atom stereocenters. The summed E-state index contributed by atoms with van der Waals surface area (Å²) in [5, 5.41) is 15.8. The van der Waals surface area contributed by atoms with E-state index in [1.54, 1.807) is 23.0 Å². The monoisotopic (exact) mass is 406 g/mol. The Balaban J connectivity index is 2.45. The summed E-state index contributed by atoms with van der Waals surface area (Å²) < 4.78 is 3.62. The molecule has 17 heavy (non-hydrogen) atoms. The lowest BCUT2D eigenvalue weighted by atomic mass is 10.2. The topological polar surface area (TPSA) is 76.4 Å². The molecule has 1 aromatic carbocycles. The fourth-order valence-electron chi connectivity index (χ4n) is 1.34. The van der Waals surface area contributed by atoms with E-state index in [2.05, 4.69) is 48.8 Å². The average Bonchev–Trinajstić information content (AvgIpc) is 2.74. The van der Waals surface area contributed by atoms with Gasteiger partial charge in [0.2, 0.25) is 0 Å². The van der Waals surface area contributed by atoms with Gasteiger partial charge in [0, 0.05) is 16.2 Å². The molecular formula is C10H8BrIN4O. The SMILES string of the molecule is N/C(=N/O)c1ccc(-n2cc(I)cn2)c(Br)c1. The maximum absolute atomic E-state index is 8.60. The molecule has 0 fully saturated rings. The van der Waals surface area contributed by atoms with Crippen molar-refractivity contribution in [2.45, 2.75) is 0 Å². The minimum Gasteiger partial charge on any atom is -0.409 e. The predicted molar refractivity (Wildman–Crippen MR) is 76.5 cm³/mol. The van der Waals surface area contributed by atoms with Crippen LogP contribution in [0.25, 0.3) is 5.69 Å². The Labute approximate surface area is 120 Å². The Morgan fingerprint density at radius 3 is 2.82 bits per heavy atom. The van der Waals surface area contributed by atoms with Gasteiger partial charge in [-0.25, -0.2) is 4.68 Å². The number of amidine groups is 1. The first kappa shape index (κ1) is 12.4. The summed E-state index contributed by atoms with van der Waals surface area (Å²) in [6, 6.07) is 5.39. The summed E-state index contributed by atoms with van der Waals surface area (Å²) >= 11 is 5.63. The molecule has 0 amide bonds. The van der Waals surface area contributed by atoms with Crippen molar-refractivity contribution >= 4 is 44.4 Å². The molecule has 2 aromatic rings. The standard InChI is InChI=1S/C10H8BrIN4O/c11-8-3-6(10(13)15-17)1-2-9(8)16-5-7(12)4-14-16/h1-5,17H,(H2,13,15). The first-order chi connectivity index (χ1) is 8.11. The highest BCUT2D eigenvalue weighted by atomic mass is 127. The van der Waals surface area contributed by atoms with Gasteiger partial charge in [0.05, 0.1) is 15.5 Å². The third-order valence-electron chi connectivity index (χ3n) is 2.15. The number of hydrogen-bond donors (Lipinski definition) is 2. The normalized spacial score (nSPS) is 11.8. The van der Waals surface area contributed by atoms with Gasteiger partial charge in [0.15, 0.2) is 5.84 Å². The minimum absolute atomic E-state index is 0.0762. The maximum Gasteiger partial charge on any atom is 0.170 e. The van der Waals surface area contributed by atoms with Crippen LogP contribution in [0.4, 0.5) is 0 Å². The Bertz CT molecular complexity index is 581. The third-order valence-corrected chi connectivity index (χ3v) is 3.34. The van der Waals surface area contributed by atoms with Crippen molar-refractivity contribution in [3.05, 3.63) is 44.2 Å². The zero-order valence-corrected chi connectivity index (χ0v) is 12.3. The van der Waals surface area contributed by atoms with Gasteiger partial charge in [-0.15, -0.1) is 0 Å². The van der Waals surface area contributed by atoms with Crippen LogP contribution in [0.15, 0.2) is 40.2 Å². The molecule has 0 saturated heterocycles. The summed E-state index contributed by atoms with van der Waals surface area (Å²) in [6.07, 6.45) is 3.67. The van der Waals surface area contributed by atoms with Gasteiger partial charge in [0.25, 0.3) is 0 Å². The molecule has 3 N–H and O–H groups in total. The molecule has 0 aliphatic rings. The summed E-state index contributed by atoms with van der Waals surface area (Å²) in [6.45, 7) is 0. The van der Waals surface area contributed by atoms with Crippen molar-refractivity contribution in [2.24, 2.45) is 10.9 Å². The molecule has 0 unspecified atom stereocenters. The van der Waals surface area contributed by atoms with E-state index in [4.69, 9.17) is 10.9 Å². The lowest BCUT2D eigenvalue weighted by molar-refractivity contribution is 0.318. The van der Waals surface area contributed by atoms with E-state index < -0.39 is 0 Å². The van der Waals surface area contributed by atoms with Crippen LogP contribution in [0.3, 0.4) is 0 Å². The highest BCUT2D eigenvalue weighted by Gasteiger charge is 2.07. The summed E-state index contributed by atoms with van der Waals surface area (Å²) in [5.41, 5.74) is 7.05. The van der Waals surface area contributed by atoms with Crippen molar-refractivity contribution in [2.75, 3.05) is 0 Å². The van der Waals surface area contributed by atoms with Gasteiger partial charge in [-0.3, -0.25) is 0 Å². The number of nitrogens with two attached hydrogens (primary N) is 1. The zero-order valence-electron chi connectivity index (χ0n) is 8.51. The number of aromatic nitrogens is 2. The number of rotatable bonds is 2. The van der Waals surface area contributed by atoms with Gasteiger partial charge in [-0.2, -0.15) is 5.10 Å². The fourth-order valence-corrected chi connectivity index (χ4v) is 2.29. The van der Waals surface area contributed by atoms with Crippen molar-refractivity contribution in [3.8, 4) is 5.69 Å². The molecular weight excluding hydrogens is 399 g/mol. The smallest absolute Gasteiger partial charge is 0.170 e. The van der Waals surface area contributed by atoms with Crippen molar-refractivity contribution in [1.82, 2.24) is 9.78 Å². The molecule has 7 heteroatoms. The zero-order chi connectivity index (χ0) is 12.4. The van der Waals surface area contributed by atoms with Crippen molar-refractivity contribution < 1.29 is 5.21 Å². The van der Waals surface area contributed by atoms with Gasteiger partial charge in [0.1, 0.15) is 0 Å².